The van der Waals surface area contributed by atoms with Crippen molar-refractivity contribution in [2.75, 3.05) is 27.2 Å². The number of carbonyl (C=O) groups excluding carboxylic acids is 1. The molecule has 1 atom stereocenters. The first-order valence-corrected chi connectivity index (χ1v) is 7.86. The standard InChI is InChI=1S/C17H26N2O3.ClH/c1-12(2)22-15-8-7-13(10-16(15)21-4)17(20)19-9-5-6-14(11-19)18-3;/h7-8,10,12,14,18H,5-6,9,11H2,1-4H3;1H. The van der Waals surface area contributed by atoms with E-state index in [1.165, 1.54) is 0 Å². The highest BCUT2D eigenvalue weighted by Crippen LogP contribution is 2.29. The average Bonchev–Trinajstić information content (AvgIpc) is 2.54. The minimum atomic E-state index is 0. The Morgan fingerprint density at radius 2 is 2.09 bits per heavy atom. The van der Waals surface area contributed by atoms with E-state index in [0.29, 0.717) is 23.1 Å². The van der Waals surface area contributed by atoms with Crippen molar-refractivity contribution >= 4 is 18.3 Å². The number of benzene rings is 1. The summed E-state index contributed by atoms with van der Waals surface area (Å²) in [4.78, 5) is 14.6. The maximum atomic E-state index is 12.7. The van der Waals surface area contributed by atoms with E-state index in [9.17, 15) is 4.79 Å². The summed E-state index contributed by atoms with van der Waals surface area (Å²) in [6.45, 7) is 5.49. The van der Waals surface area contributed by atoms with Gasteiger partial charge in [0.25, 0.3) is 5.91 Å². The Morgan fingerprint density at radius 3 is 2.70 bits per heavy atom. The van der Waals surface area contributed by atoms with Gasteiger partial charge in [0.2, 0.25) is 0 Å². The lowest BCUT2D eigenvalue weighted by molar-refractivity contribution is 0.0697. The van der Waals surface area contributed by atoms with Crippen LogP contribution in [0, 0.1) is 0 Å². The van der Waals surface area contributed by atoms with E-state index in [2.05, 4.69) is 5.32 Å². The average molecular weight is 343 g/mol. The summed E-state index contributed by atoms with van der Waals surface area (Å²) in [5, 5.41) is 3.25. The number of rotatable bonds is 5. The quantitative estimate of drug-likeness (QED) is 0.894. The van der Waals surface area contributed by atoms with E-state index in [1.54, 1.807) is 13.2 Å². The topological polar surface area (TPSA) is 50.8 Å². The molecule has 1 saturated heterocycles. The highest BCUT2D eigenvalue weighted by molar-refractivity contribution is 5.95. The third-order valence-corrected chi connectivity index (χ3v) is 3.89. The fraction of sp³-hybridized carbons (Fsp3) is 0.588. The van der Waals surface area contributed by atoms with Crippen molar-refractivity contribution in [2.24, 2.45) is 0 Å². The number of likely N-dealkylation sites (N-methyl/N-ethyl adjacent to an activating group) is 1. The van der Waals surface area contributed by atoms with Crippen LogP contribution in [0.25, 0.3) is 0 Å². The second-order valence-corrected chi connectivity index (χ2v) is 5.91. The summed E-state index contributed by atoms with van der Waals surface area (Å²) in [6, 6.07) is 5.77. The van der Waals surface area contributed by atoms with Crippen molar-refractivity contribution in [1.82, 2.24) is 10.2 Å². The number of ether oxygens (including phenoxy) is 2. The summed E-state index contributed by atoms with van der Waals surface area (Å²) < 4.78 is 11.0. The van der Waals surface area contributed by atoms with E-state index < -0.39 is 0 Å². The predicted molar refractivity (Wildman–Crippen MR) is 94.0 cm³/mol. The molecule has 1 aliphatic heterocycles. The molecule has 1 heterocycles. The Hall–Kier alpha value is -1.46. The summed E-state index contributed by atoms with van der Waals surface area (Å²) in [5.74, 6) is 1.32. The number of hydrogen-bond acceptors (Lipinski definition) is 4. The first-order valence-electron chi connectivity index (χ1n) is 7.86. The molecule has 6 heteroatoms. The molecule has 0 spiro atoms. The van der Waals surface area contributed by atoms with Crippen LogP contribution >= 0.6 is 12.4 Å². The van der Waals surface area contributed by atoms with Gasteiger partial charge in [-0.15, -0.1) is 12.4 Å². The molecule has 1 aromatic carbocycles. The molecule has 0 aliphatic carbocycles. The number of likely N-dealkylation sites (tertiary alicyclic amines) is 1. The molecule has 2 rings (SSSR count). The third kappa shape index (κ3) is 5.01. The van der Waals surface area contributed by atoms with E-state index in [-0.39, 0.29) is 24.4 Å². The van der Waals surface area contributed by atoms with Crippen molar-refractivity contribution in [3.05, 3.63) is 23.8 Å². The largest absolute Gasteiger partial charge is 0.493 e. The minimum Gasteiger partial charge on any atom is -0.493 e. The Labute approximate surface area is 144 Å². The van der Waals surface area contributed by atoms with Crippen LogP contribution in [-0.4, -0.2) is 50.2 Å². The number of nitrogens with zero attached hydrogens (tertiary/aromatic N) is 1. The zero-order chi connectivity index (χ0) is 16.1. The van der Waals surface area contributed by atoms with Gasteiger partial charge in [0.15, 0.2) is 11.5 Å². The van der Waals surface area contributed by atoms with E-state index in [1.807, 2.05) is 37.9 Å². The number of piperidine rings is 1. The van der Waals surface area contributed by atoms with Crippen LogP contribution in [0.15, 0.2) is 18.2 Å². The van der Waals surface area contributed by atoms with Gasteiger partial charge in [-0.25, -0.2) is 0 Å². The number of halogens is 1. The minimum absolute atomic E-state index is 0. The molecule has 23 heavy (non-hydrogen) atoms. The van der Waals surface area contributed by atoms with Crippen LogP contribution < -0.4 is 14.8 Å². The summed E-state index contributed by atoms with van der Waals surface area (Å²) in [7, 11) is 3.54. The highest BCUT2D eigenvalue weighted by Gasteiger charge is 2.24. The van der Waals surface area contributed by atoms with Gasteiger partial charge >= 0.3 is 0 Å². The molecule has 1 aliphatic rings. The fourth-order valence-electron chi connectivity index (χ4n) is 2.73. The summed E-state index contributed by atoms with van der Waals surface area (Å²) in [5.41, 5.74) is 0.643. The second-order valence-electron chi connectivity index (χ2n) is 5.91. The highest BCUT2D eigenvalue weighted by atomic mass is 35.5. The van der Waals surface area contributed by atoms with Crippen molar-refractivity contribution in [2.45, 2.75) is 38.8 Å². The molecule has 0 aromatic heterocycles. The van der Waals surface area contributed by atoms with Gasteiger partial charge in [-0.1, -0.05) is 0 Å². The van der Waals surface area contributed by atoms with Crippen LogP contribution in [-0.2, 0) is 0 Å². The number of methoxy groups -OCH3 is 1. The molecule has 0 saturated carbocycles. The van der Waals surface area contributed by atoms with E-state index in [4.69, 9.17) is 9.47 Å². The first-order chi connectivity index (χ1) is 10.5. The molecule has 130 valence electrons. The molecule has 1 amide bonds. The van der Waals surface area contributed by atoms with E-state index >= 15 is 0 Å². The van der Waals surface area contributed by atoms with Gasteiger partial charge in [0, 0.05) is 24.7 Å². The Bertz CT molecular complexity index is 523. The predicted octanol–water partition coefficient (Wildman–Crippen LogP) is 2.73. The summed E-state index contributed by atoms with van der Waals surface area (Å²) in [6.07, 6.45) is 2.21. The van der Waals surface area contributed by atoms with Crippen LogP contribution in [0.3, 0.4) is 0 Å². The zero-order valence-corrected chi connectivity index (χ0v) is 15.1. The SMILES string of the molecule is CNC1CCCN(C(=O)c2ccc(OC(C)C)c(OC)c2)C1.Cl. The first kappa shape index (κ1) is 19.6. The Morgan fingerprint density at radius 1 is 1.35 bits per heavy atom. The second kappa shape index (κ2) is 8.99. The lowest BCUT2D eigenvalue weighted by Gasteiger charge is -2.32. The van der Waals surface area contributed by atoms with Crippen LogP contribution in [0.1, 0.15) is 37.0 Å². The van der Waals surface area contributed by atoms with Crippen molar-refractivity contribution in [1.29, 1.82) is 0 Å². The molecule has 0 radical (unpaired) electrons. The monoisotopic (exact) mass is 342 g/mol. The van der Waals surface area contributed by atoms with Crippen molar-refractivity contribution in [3.8, 4) is 11.5 Å². The smallest absolute Gasteiger partial charge is 0.254 e. The number of hydrogen-bond donors (Lipinski definition) is 1. The van der Waals surface area contributed by atoms with Crippen molar-refractivity contribution in [3.63, 3.8) is 0 Å². The zero-order valence-electron chi connectivity index (χ0n) is 14.3. The van der Waals surface area contributed by atoms with Gasteiger partial charge < -0.3 is 19.7 Å². The molecular formula is C17H27ClN2O3. The molecule has 5 nitrogen and oxygen atoms in total. The van der Waals surface area contributed by atoms with Crippen LogP contribution in [0.5, 0.6) is 11.5 Å². The van der Waals surface area contributed by atoms with Crippen LogP contribution in [0.4, 0.5) is 0 Å². The molecule has 1 fully saturated rings. The summed E-state index contributed by atoms with van der Waals surface area (Å²) >= 11 is 0. The Kier molecular flexibility index (Phi) is 7.65. The lowest BCUT2D eigenvalue weighted by Crippen LogP contribution is -2.46. The van der Waals surface area contributed by atoms with Crippen LogP contribution in [0.2, 0.25) is 0 Å². The van der Waals surface area contributed by atoms with Gasteiger partial charge in [-0.05, 0) is 51.9 Å². The molecule has 0 bridgehead atoms. The van der Waals surface area contributed by atoms with Gasteiger partial charge in [-0.2, -0.15) is 0 Å². The Balaban J connectivity index is 0.00000264. The molecule has 1 N–H and O–H groups in total. The number of carbonyl (C=O) groups is 1. The fourth-order valence-corrected chi connectivity index (χ4v) is 2.73. The van der Waals surface area contributed by atoms with Gasteiger partial charge in [0.1, 0.15) is 0 Å². The molecule has 1 aromatic rings. The maximum Gasteiger partial charge on any atom is 0.254 e. The number of nitrogens with one attached hydrogen (secondary N) is 1. The molecule has 1 unspecified atom stereocenters. The van der Waals surface area contributed by atoms with Gasteiger partial charge in [0.05, 0.1) is 13.2 Å². The molecular weight excluding hydrogens is 316 g/mol. The normalized spacial score (nSPS) is 17.6. The van der Waals surface area contributed by atoms with Gasteiger partial charge in [-0.3, -0.25) is 4.79 Å². The maximum absolute atomic E-state index is 12.7. The van der Waals surface area contributed by atoms with E-state index in [0.717, 1.165) is 25.9 Å². The lowest BCUT2D eigenvalue weighted by atomic mass is 10.0. The van der Waals surface area contributed by atoms with Crippen molar-refractivity contribution < 1.29 is 14.3 Å². The third-order valence-electron chi connectivity index (χ3n) is 3.89. The number of amides is 1.